The summed E-state index contributed by atoms with van der Waals surface area (Å²) >= 11 is 1.57. The van der Waals surface area contributed by atoms with Crippen molar-refractivity contribution in [3.63, 3.8) is 0 Å². The summed E-state index contributed by atoms with van der Waals surface area (Å²) in [5.74, 6) is -0.445. The number of benzene rings is 1. The van der Waals surface area contributed by atoms with Gasteiger partial charge in [0, 0.05) is 23.4 Å². The molecule has 1 aromatic heterocycles. The molecule has 25 heavy (non-hydrogen) atoms. The van der Waals surface area contributed by atoms with Crippen LogP contribution < -0.4 is 10.2 Å². The van der Waals surface area contributed by atoms with Gasteiger partial charge in [-0.1, -0.05) is 0 Å². The Morgan fingerprint density at radius 3 is 2.32 bits per heavy atom. The summed E-state index contributed by atoms with van der Waals surface area (Å²) in [6.45, 7) is 0. The van der Waals surface area contributed by atoms with Crippen LogP contribution in [0.5, 0.6) is 0 Å². The van der Waals surface area contributed by atoms with E-state index in [1.165, 1.54) is 21.8 Å². The molecule has 0 unspecified atom stereocenters. The van der Waals surface area contributed by atoms with Crippen LogP contribution in [-0.4, -0.2) is 17.7 Å². The van der Waals surface area contributed by atoms with Gasteiger partial charge in [0.15, 0.2) is 0 Å². The highest BCUT2D eigenvalue weighted by atomic mass is 32.1. The van der Waals surface area contributed by atoms with Gasteiger partial charge in [0.1, 0.15) is 0 Å². The summed E-state index contributed by atoms with van der Waals surface area (Å²) in [5.41, 5.74) is 2.51. The predicted octanol–water partition coefficient (Wildman–Crippen LogP) is 3.53. The summed E-state index contributed by atoms with van der Waals surface area (Å²) in [4.78, 5) is 39.6. The Hall–Kier alpha value is -2.47. The third kappa shape index (κ3) is 3.09. The van der Waals surface area contributed by atoms with Crippen molar-refractivity contribution in [1.82, 2.24) is 0 Å². The number of carbonyl (C=O) groups excluding carboxylic acids is 3. The van der Waals surface area contributed by atoms with Crippen molar-refractivity contribution in [2.24, 2.45) is 0 Å². The third-order valence-corrected chi connectivity index (χ3v) is 5.87. The van der Waals surface area contributed by atoms with Crippen molar-refractivity contribution in [3.8, 4) is 0 Å². The number of rotatable bonds is 3. The van der Waals surface area contributed by atoms with Crippen LogP contribution >= 0.6 is 11.3 Å². The third-order valence-electron chi connectivity index (χ3n) is 4.63. The monoisotopic (exact) mass is 354 g/mol. The Kier molecular flexibility index (Phi) is 4.13. The molecular formula is C19H18N2O3S. The molecule has 1 N–H and O–H groups in total. The maximum absolute atomic E-state index is 12.4. The SMILES string of the molecule is O=C(Nc1ccc(N2C(=O)CCCC2=O)cc1)c1cc2c(s1)CCC2. The summed E-state index contributed by atoms with van der Waals surface area (Å²) < 4.78 is 0. The highest BCUT2D eigenvalue weighted by molar-refractivity contribution is 7.14. The first-order chi connectivity index (χ1) is 12.1. The number of piperidine rings is 1. The number of hydrogen-bond donors (Lipinski definition) is 1. The summed E-state index contributed by atoms with van der Waals surface area (Å²) in [5, 5.41) is 2.88. The summed E-state index contributed by atoms with van der Waals surface area (Å²) in [6, 6.07) is 8.84. The molecule has 0 atom stereocenters. The van der Waals surface area contributed by atoms with E-state index in [1.54, 1.807) is 35.6 Å². The lowest BCUT2D eigenvalue weighted by atomic mass is 10.1. The second-order valence-corrected chi connectivity index (χ2v) is 7.53. The van der Waals surface area contributed by atoms with Gasteiger partial charge in [-0.25, -0.2) is 0 Å². The molecule has 4 rings (SSSR count). The van der Waals surface area contributed by atoms with Crippen molar-refractivity contribution in [1.29, 1.82) is 0 Å². The molecule has 1 aliphatic carbocycles. The summed E-state index contributed by atoms with van der Waals surface area (Å²) in [6.07, 6.45) is 4.72. The van der Waals surface area contributed by atoms with E-state index in [0.717, 1.165) is 17.7 Å². The maximum Gasteiger partial charge on any atom is 0.265 e. The molecular weight excluding hydrogens is 336 g/mol. The van der Waals surface area contributed by atoms with E-state index in [2.05, 4.69) is 5.32 Å². The fourth-order valence-corrected chi connectivity index (χ4v) is 4.52. The Labute approximate surface area is 149 Å². The lowest BCUT2D eigenvalue weighted by molar-refractivity contribution is -0.129. The van der Waals surface area contributed by atoms with Crippen molar-refractivity contribution >= 4 is 40.4 Å². The van der Waals surface area contributed by atoms with Gasteiger partial charge in [-0.05, 0) is 61.6 Å². The number of anilines is 2. The molecule has 3 amide bonds. The van der Waals surface area contributed by atoms with E-state index in [4.69, 9.17) is 0 Å². The predicted molar refractivity (Wildman–Crippen MR) is 97.1 cm³/mol. The zero-order chi connectivity index (χ0) is 17.4. The van der Waals surface area contributed by atoms with Gasteiger partial charge in [-0.3, -0.25) is 19.3 Å². The first-order valence-electron chi connectivity index (χ1n) is 8.50. The fourth-order valence-electron chi connectivity index (χ4n) is 3.37. The first-order valence-corrected chi connectivity index (χ1v) is 9.32. The molecule has 2 aliphatic rings. The Bertz CT molecular complexity index is 817. The number of hydrogen-bond acceptors (Lipinski definition) is 4. The normalized spacial score (nSPS) is 16.9. The number of thiophene rings is 1. The number of imide groups is 1. The van der Waals surface area contributed by atoms with Gasteiger partial charge in [0.25, 0.3) is 5.91 Å². The van der Waals surface area contributed by atoms with Crippen LogP contribution in [0, 0.1) is 0 Å². The molecule has 128 valence electrons. The molecule has 1 aromatic carbocycles. The van der Waals surface area contributed by atoms with Crippen molar-refractivity contribution in [2.45, 2.75) is 38.5 Å². The van der Waals surface area contributed by atoms with Gasteiger partial charge in [0.05, 0.1) is 10.6 Å². The Morgan fingerprint density at radius 1 is 0.960 bits per heavy atom. The minimum Gasteiger partial charge on any atom is -0.321 e. The van der Waals surface area contributed by atoms with Crippen molar-refractivity contribution in [3.05, 3.63) is 45.6 Å². The quantitative estimate of drug-likeness (QED) is 0.858. The van der Waals surface area contributed by atoms with Crippen LogP contribution in [0.4, 0.5) is 11.4 Å². The van der Waals surface area contributed by atoms with Crippen LogP contribution in [0.15, 0.2) is 30.3 Å². The molecule has 0 spiro atoms. The smallest absolute Gasteiger partial charge is 0.265 e. The van der Waals surface area contributed by atoms with E-state index < -0.39 is 0 Å². The highest BCUT2D eigenvalue weighted by Gasteiger charge is 2.27. The average Bonchev–Trinajstić information content (AvgIpc) is 3.18. The first kappa shape index (κ1) is 16.0. The van der Waals surface area contributed by atoms with E-state index >= 15 is 0 Å². The largest absolute Gasteiger partial charge is 0.321 e. The number of aryl methyl sites for hydroxylation is 2. The second kappa shape index (κ2) is 6.44. The standard InChI is InChI=1S/C19H18N2O3S/c22-17-5-2-6-18(23)21(17)14-9-7-13(8-10-14)20-19(24)16-11-12-3-1-4-15(12)25-16/h7-11H,1-6H2,(H,20,24). The molecule has 1 saturated heterocycles. The molecule has 1 fully saturated rings. The molecule has 0 saturated carbocycles. The molecule has 6 heteroatoms. The maximum atomic E-state index is 12.4. The van der Waals surface area contributed by atoms with Gasteiger partial charge in [-0.15, -0.1) is 11.3 Å². The molecule has 1 aliphatic heterocycles. The van der Waals surface area contributed by atoms with Gasteiger partial charge < -0.3 is 5.32 Å². The molecule has 0 bridgehead atoms. The van der Waals surface area contributed by atoms with Gasteiger partial charge >= 0.3 is 0 Å². The zero-order valence-corrected chi connectivity index (χ0v) is 14.5. The van der Waals surface area contributed by atoms with Crippen molar-refractivity contribution in [2.75, 3.05) is 10.2 Å². The lowest BCUT2D eigenvalue weighted by Gasteiger charge is -2.24. The van der Waals surface area contributed by atoms with E-state index in [-0.39, 0.29) is 17.7 Å². The number of nitrogens with one attached hydrogen (secondary N) is 1. The zero-order valence-electron chi connectivity index (χ0n) is 13.7. The Balaban J connectivity index is 1.47. The van der Waals surface area contributed by atoms with E-state index in [1.807, 2.05) is 6.07 Å². The van der Waals surface area contributed by atoms with E-state index in [0.29, 0.717) is 30.6 Å². The molecule has 5 nitrogen and oxygen atoms in total. The van der Waals surface area contributed by atoms with Crippen molar-refractivity contribution < 1.29 is 14.4 Å². The molecule has 2 aromatic rings. The summed E-state index contributed by atoms with van der Waals surface area (Å²) in [7, 11) is 0. The number of fused-ring (bicyclic) bond motifs is 1. The lowest BCUT2D eigenvalue weighted by Crippen LogP contribution is -2.40. The molecule has 2 heterocycles. The van der Waals surface area contributed by atoms with Crippen LogP contribution in [0.2, 0.25) is 0 Å². The minimum atomic E-state index is -0.166. The minimum absolute atomic E-state index is 0.114. The topological polar surface area (TPSA) is 66.5 Å². The van der Waals surface area contributed by atoms with Crippen LogP contribution in [0.1, 0.15) is 45.8 Å². The number of amides is 3. The van der Waals surface area contributed by atoms with Gasteiger partial charge in [0.2, 0.25) is 11.8 Å². The fraction of sp³-hybridized carbons (Fsp3) is 0.316. The second-order valence-electron chi connectivity index (χ2n) is 6.39. The number of carbonyl (C=O) groups is 3. The number of nitrogens with zero attached hydrogens (tertiary/aromatic N) is 1. The molecule has 0 radical (unpaired) electrons. The highest BCUT2D eigenvalue weighted by Crippen LogP contribution is 2.31. The van der Waals surface area contributed by atoms with Crippen LogP contribution in [0.25, 0.3) is 0 Å². The van der Waals surface area contributed by atoms with Gasteiger partial charge in [-0.2, -0.15) is 0 Å². The van der Waals surface area contributed by atoms with E-state index in [9.17, 15) is 14.4 Å². The average molecular weight is 354 g/mol. The van der Waals surface area contributed by atoms with Crippen LogP contribution in [-0.2, 0) is 22.4 Å². The Morgan fingerprint density at radius 2 is 1.64 bits per heavy atom. The van der Waals surface area contributed by atoms with Crippen LogP contribution in [0.3, 0.4) is 0 Å².